The second-order valence-corrected chi connectivity index (χ2v) is 10.0. The van der Waals surface area contributed by atoms with Crippen LogP contribution in [0.15, 0.2) is 0 Å². The van der Waals surface area contributed by atoms with Crippen molar-refractivity contribution in [1.82, 2.24) is 0 Å². The molecule has 1 saturated carbocycles. The maximum Gasteiger partial charge on any atom is 0.309 e. The second-order valence-electron chi connectivity index (χ2n) is 10.0. The van der Waals surface area contributed by atoms with E-state index in [0.717, 1.165) is 63.2 Å². The van der Waals surface area contributed by atoms with Crippen molar-refractivity contribution in [3.05, 3.63) is 0 Å². The van der Waals surface area contributed by atoms with Crippen molar-refractivity contribution in [2.24, 2.45) is 23.7 Å². The van der Waals surface area contributed by atoms with Crippen LogP contribution in [-0.4, -0.2) is 25.2 Å². The summed E-state index contributed by atoms with van der Waals surface area (Å²) in [5.74, 6) is 0.530. The fourth-order valence-electron chi connectivity index (χ4n) is 4.27. The molecule has 4 nitrogen and oxygen atoms in total. The van der Waals surface area contributed by atoms with E-state index in [0.29, 0.717) is 13.2 Å². The summed E-state index contributed by atoms with van der Waals surface area (Å²) in [4.78, 5) is 25.1. The third-order valence-corrected chi connectivity index (χ3v) is 6.21. The Labute approximate surface area is 185 Å². The molecule has 4 heteroatoms. The first-order valence-corrected chi connectivity index (χ1v) is 12.7. The maximum atomic E-state index is 12.6. The Morgan fingerprint density at radius 2 is 1.00 bits per heavy atom. The van der Waals surface area contributed by atoms with E-state index in [4.69, 9.17) is 9.47 Å². The minimum Gasteiger partial charge on any atom is -0.465 e. The molecule has 1 aliphatic rings. The molecule has 0 aromatic rings. The minimum absolute atomic E-state index is 0.187. The summed E-state index contributed by atoms with van der Waals surface area (Å²) in [5, 5.41) is 0. The Morgan fingerprint density at radius 1 is 0.633 bits per heavy atom. The first-order valence-electron chi connectivity index (χ1n) is 12.7. The first kappa shape index (κ1) is 27.0. The summed E-state index contributed by atoms with van der Waals surface area (Å²) in [5.41, 5.74) is 0. The third kappa shape index (κ3) is 12.6. The van der Waals surface area contributed by atoms with Gasteiger partial charge in [0.2, 0.25) is 0 Å². The Bertz CT molecular complexity index is 416. The predicted molar refractivity (Wildman–Crippen MR) is 123 cm³/mol. The van der Waals surface area contributed by atoms with Gasteiger partial charge in [0.1, 0.15) is 0 Å². The maximum absolute atomic E-state index is 12.6. The first-order chi connectivity index (χ1) is 14.4. The normalized spacial score (nSPS) is 19.3. The van der Waals surface area contributed by atoms with Gasteiger partial charge in [-0.3, -0.25) is 9.59 Å². The van der Waals surface area contributed by atoms with Gasteiger partial charge in [-0.2, -0.15) is 0 Å². The molecule has 0 aromatic carbocycles. The molecule has 0 aromatic heterocycles. The predicted octanol–water partition coefficient (Wildman–Crippen LogP) is 7.09. The zero-order valence-electron chi connectivity index (χ0n) is 20.3. The largest absolute Gasteiger partial charge is 0.465 e. The quantitative estimate of drug-likeness (QED) is 0.196. The number of carbonyl (C=O) groups excluding carboxylic acids is 2. The van der Waals surface area contributed by atoms with Crippen LogP contribution in [-0.2, 0) is 19.1 Å². The molecule has 0 aliphatic heterocycles. The van der Waals surface area contributed by atoms with Crippen molar-refractivity contribution in [1.29, 1.82) is 0 Å². The van der Waals surface area contributed by atoms with Crippen LogP contribution < -0.4 is 0 Å². The molecule has 1 rings (SSSR count). The van der Waals surface area contributed by atoms with E-state index in [1.54, 1.807) is 0 Å². The molecule has 1 fully saturated rings. The van der Waals surface area contributed by atoms with Crippen molar-refractivity contribution in [3.8, 4) is 0 Å². The number of ether oxygens (including phenoxy) is 2. The molecule has 0 radical (unpaired) electrons. The minimum atomic E-state index is -0.307. The van der Waals surface area contributed by atoms with Gasteiger partial charge in [-0.25, -0.2) is 0 Å². The van der Waals surface area contributed by atoms with E-state index in [-0.39, 0.29) is 23.8 Å². The van der Waals surface area contributed by atoms with E-state index < -0.39 is 0 Å². The third-order valence-electron chi connectivity index (χ3n) is 6.21. The van der Waals surface area contributed by atoms with E-state index in [1.807, 2.05) is 0 Å². The molecule has 0 amide bonds. The Kier molecular flexibility index (Phi) is 14.9. The molecule has 0 bridgehead atoms. The van der Waals surface area contributed by atoms with Crippen LogP contribution in [0.4, 0.5) is 0 Å². The summed E-state index contributed by atoms with van der Waals surface area (Å²) in [6, 6.07) is 0. The highest BCUT2D eigenvalue weighted by molar-refractivity contribution is 5.82. The van der Waals surface area contributed by atoms with Gasteiger partial charge in [-0.15, -0.1) is 0 Å². The SMILES string of the molecule is CC(C)CCCCCCOC(=O)C1CCCC[C@@H]1C(=O)OCCCCCCC(C)C. The average molecular weight is 425 g/mol. The average Bonchev–Trinajstić information content (AvgIpc) is 2.71. The zero-order chi connectivity index (χ0) is 22.2. The highest BCUT2D eigenvalue weighted by atomic mass is 16.5. The van der Waals surface area contributed by atoms with Crippen molar-refractivity contribution in [2.75, 3.05) is 13.2 Å². The van der Waals surface area contributed by atoms with Gasteiger partial charge >= 0.3 is 11.9 Å². The van der Waals surface area contributed by atoms with Gasteiger partial charge in [0.15, 0.2) is 0 Å². The van der Waals surface area contributed by atoms with Crippen LogP contribution in [0.2, 0.25) is 0 Å². The van der Waals surface area contributed by atoms with E-state index >= 15 is 0 Å². The van der Waals surface area contributed by atoms with Gasteiger partial charge in [-0.1, -0.05) is 91.9 Å². The topological polar surface area (TPSA) is 52.6 Å². The molecule has 2 atom stereocenters. The Hall–Kier alpha value is -1.06. The summed E-state index contributed by atoms with van der Waals surface area (Å²) in [6.07, 6.45) is 15.0. The van der Waals surface area contributed by atoms with Crippen molar-refractivity contribution in [2.45, 2.75) is 118 Å². The summed E-state index contributed by atoms with van der Waals surface area (Å²) >= 11 is 0. The fourth-order valence-corrected chi connectivity index (χ4v) is 4.27. The lowest BCUT2D eigenvalue weighted by Gasteiger charge is -2.28. The van der Waals surface area contributed by atoms with Crippen LogP contribution in [0, 0.1) is 23.7 Å². The number of esters is 2. The van der Waals surface area contributed by atoms with E-state index in [2.05, 4.69) is 27.7 Å². The van der Waals surface area contributed by atoms with Crippen LogP contribution in [0.3, 0.4) is 0 Å². The zero-order valence-corrected chi connectivity index (χ0v) is 20.3. The lowest BCUT2D eigenvalue weighted by atomic mass is 9.79. The Morgan fingerprint density at radius 3 is 1.37 bits per heavy atom. The fraction of sp³-hybridized carbons (Fsp3) is 0.923. The van der Waals surface area contributed by atoms with E-state index in [1.165, 1.54) is 38.5 Å². The molecule has 0 N–H and O–H groups in total. The van der Waals surface area contributed by atoms with Gasteiger partial charge in [0.05, 0.1) is 25.0 Å². The second kappa shape index (κ2) is 16.6. The molecule has 1 aliphatic carbocycles. The summed E-state index contributed by atoms with van der Waals surface area (Å²) in [7, 11) is 0. The summed E-state index contributed by atoms with van der Waals surface area (Å²) in [6.45, 7) is 9.97. The number of hydrogen-bond donors (Lipinski definition) is 0. The van der Waals surface area contributed by atoms with Gasteiger partial charge in [0.25, 0.3) is 0 Å². The van der Waals surface area contributed by atoms with Gasteiger partial charge < -0.3 is 9.47 Å². The number of carbonyl (C=O) groups is 2. The molecule has 1 unspecified atom stereocenters. The van der Waals surface area contributed by atoms with Gasteiger partial charge in [-0.05, 0) is 37.5 Å². The Balaban J connectivity index is 2.22. The molecule has 0 spiro atoms. The highest BCUT2D eigenvalue weighted by Gasteiger charge is 2.37. The number of hydrogen-bond acceptors (Lipinski definition) is 4. The lowest BCUT2D eigenvalue weighted by molar-refractivity contribution is -0.163. The number of rotatable bonds is 16. The molecule has 176 valence electrons. The standard InChI is InChI=1S/C26H48O4/c1-21(2)15-9-5-7-13-19-29-25(27)23-17-11-12-18-24(23)26(28)30-20-14-8-6-10-16-22(3)4/h21-24H,5-20H2,1-4H3/t23-,24?/m0/s1. The van der Waals surface area contributed by atoms with Crippen molar-refractivity contribution >= 4 is 11.9 Å². The molecular formula is C26H48O4. The highest BCUT2D eigenvalue weighted by Crippen LogP contribution is 2.32. The van der Waals surface area contributed by atoms with E-state index in [9.17, 15) is 9.59 Å². The molecule has 0 heterocycles. The van der Waals surface area contributed by atoms with Gasteiger partial charge in [0, 0.05) is 0 Å². The van der Waals surface area contributed by atoms with Crippen molar-refractivity contribution < 1.29 is 19.1 Å². The van der Waals surface area contributed by atoms with Crippen LogP contribution >= 0.6 is 0 Å². The number of unbranched alkanes of at least 4 members (excludes halogenated alkanes) is 6. The summed E-state index contributed by atoms with van der Waals surface area (Å²) < 4.78 is 11.1. The smallest absolute Gasteiger partial charge is 0.309 e. The van der Waals surface area contributed by atoms with Crippen LogP contribution in [0.25, 0.3) is 0 Å². The van der Waals surface area contributed by atoms with Crippen molar-refractivity contribution in [3.63, 3.8) is 0 Å². The molecule has 0 saturated heterocycles. The molecular weight excluding hydrogens is 376 g/mol. The van der Waals surface area contributed by atoms with Crippen LogP contribution in [0.5, 0.6) is 0 Å². The molecule has 30 heavy (non-hydrogen) atoms. The monoisotopic (exact) mass is 424 g/mol. The lowest BCUT2D eigenvalue weighted by Crippen LogP contribution is -2.35. The van der Waals surface area contributed by atoms with Crippen LogP contribution in [0.1, 0.15) is 118 Å².